The number of phenolic OH excluding ortho intramolecular Hbond substituents is 4. The maximum absolute atomic E-state index is 13.9. The lowest BCUT2D eigenvalue weighted by molar-refractivity contribution is -0.132. The fourth-order valence-corrected chi connectivity index (χ4v) is 19.4. The highest BCUT2D eigenvalue weighted by atomic mass is 35.5. The molecule has 0 unspecified atom stereocenters. The molecule has 16 rings (SSSR count). The van der Waals surface area contributed by atoms with Crippen LogP contribution in [0.1, 0.15) is 117 Å². The predicted molar refractivity (Wildman–Crippen MR) is 495 cm³/mol. The maximum Gasteiger partial charge on any atom is 0.328 e. The second-order valence-electron chi connectivity index (χ2n) is 29.2. The molecule has 616 valence electrons. The molecule has 0 amide bonds. The second kappa shape index (κ2) is 38.0. The number of rotatable bonds is 20. The normalized spacial score (nSPS) is 11.3. The summed E-state index contributed by atoms with van der Waals surface area (Å²) < 4.78 is 17.1. The van der Waals surface area contributed by atoms with Crippen molar-refractivity contribution in [3.8, 4) is 67.5 Å². The zero-order chi connectivity index (χ0) is 88.5. The summed E-state index contributed by atoms with van der Waals surface area (Å²) in [5.74, 6) is -4.56. The first-order chi connectivity index (χ1) is 59.3. The van der Waals surface area contributed by atoms with E-state index < -0.39 is 29.7 Å². The Balaban J connectivity index is 0.000000142. The smallest absolute Gasteiger partial charge is 0.328 e. The van der Waals surface area contributed by atoms with Crippen molar-refractivity contribution in [1.29, 1.82) is 0 Å². The molecular formula is C102H74ClFO16S4. The highest BCUT2D eigenvalue weighted by molar-refractivity contribution is 7.23. The van der Waals surface area contributed by atoms with Crippen LogP contribution in [0.4, 0.5) is 4.39 Å². The molecule has 0 aliphatic carbocycles. The second-order valence-corrected chi connectivity index (χ2v) is 33.8. The first-order valence-electron chi connectivity index (χ1n) is 38.2. The van der Waals surface area contributed by atoms with E-state index in [1.807, 2.05) is 156 Å². The number of aryl methyl sites for hydroxylation is 6. The van der Waals surface area contributed by atoms with Crippen molar-refractivity contribution in [2.45, 2.75) is 41.5 Å². The topological polar surface area (TPSA) is 298 Å². The van der Waals surface area contributed by atoms with E-state index in [-0.39, 0.29) is 51.7 Å². The van der Waals surface area contributed by atoms with E-state index in [0.29, 0.717) is 57.9 Å². The predicted octanol–water partition coefficient (Wildman–Crippen LogP) is 25.1. The number of hydrogen-bond acceptors (Lipinski definition) is 16. The number of ketones is 4. The fraction of sp³-hybridized carbons (Fsp3) is 0.0588. The fourth-order valence-electron chi connectivity index (χ4n) is 14.3. The van der Waals surface area contributed by atoms with Crippen molar-refractivity contribution in [2.75, 3.05) is 0 Å². The Hall–Kier alpha value is -14.6. The molecule has 4 aromatic heterocycles. The van der Waals surface area contributed by atoms with E-state index in [2.05, 4.69) is 0 Å². The minimum Gasteiger partial charge on any atom is -0.508 e. The number of thiophene rings is 4. The van der Waals surface area contributed by atoms with Crippen LogP contribution in [0, 0.1) is 47.4 Å². The third-order valence-electron chi connectivity index (χ3n) is 19.7. The number of aromatic hydroxyl groups is 4. The number of fused-ring (bicyclic) bond motifs is 4. The van der Waals surface area contributed by atoms with Crippen molar-refractivity contribution in [1.82, 2.24) is 0 Å². The number of aliphatic carboxylic acids is 4. The lowest BCUT2D eigenvalue weighted by Crippen LogP contribution is -2.03. The van der Waals surface area contributed by atoms with Crippen molar-refractivity contribution in [3.63, 3.8) is 0 Å². The van der Waals surface area contributed by atoms with Crippen LogP contribution >= 0.6 is 56.9 Å². The summed E-state index contributed by atoms with van der Waals surface area (Å²) in [5.41, 5.74) is 17.0. The largest absolute Gasteiger partial charge is 0.508 e. The molecule has 0 atom stereocenters. The molecular weight excluding hydrogens is 1660 g/mol. The van der Waals surface area contributed by atoms with Crippen LogP contribution in [-0.4, -0.2) is 87.9 Å². The Morgan fingerprint density at radius 2 is 0.565 bits per heavy atom. The molecule has 0 fully saturated rings. The number of phenols is 4. The van der Waals surface area contributed by atoms with Crippen LogP contribution in [0.2, 0.25) is 5.02 Å². The summed E-state index contributed by atoms with van der Waals surface area (Å²) >= 11 is 11.5. The van der Waals surface area contributed by atoms with Gasteiger partial charge in [-0.3, -0.25) is 19.2 Å². The van der Waals surface area contributed by atoms with Gasteiger partial charge in [-0.1, -0.05) is 150 Å². The van der Waals surface area contributed by atoms with Gasteiger partial charge in [0.25, 0.3) is 0 Å². The van der Waals surface area contributed by atoms with Crippen LogP contribution in [-0.2, 0) is 19.2 Å². The Morgan fingerprint density at radius 3 is 0.847 bits per heavy atom. The van der Waals surface area contributed by atoms with Gasteiger partial charge in [-0.15, -0.1) is 45.3 Å². The molecule has 0 radical (unpaired) electrons. The summed E-state index contributed by atoms with van der Waals surface area (Å²) in [7, 11) is 0. The minimum atomic E-state index is -1.04. The van der Waals surface area contributed by atoms with Gasteiger partial charge in [-0.2, -0.15) is 0 Å². The minimum absolute atomic E-state index is 0.0527. The van der Waals surface area contributed by atoms with Gasteiger partial charge in [0.2, 0.25) is 23.1 Å². The lowest BCUT2D eigenvalue weighted by atomic mass is 9.95. The molecule has 0 bridgehead atoms. The van der Waals surface area contributed by atoms with E-state index in [1.54, 1.807) is 116 Å². The Morgan fingerprint density at radius 1 is 0.290 bits per heavy atom. The molecule has 0 saturated carbocycles. The van der Waals surface area contributed by atoms with Gasteiger partial charge in [0.1, 0.15) is 28.8 Å². The quantitative estimate of drug-likeness (QED) is 0.0260. The molecule has 4 heterocycles. The Bertz CT molecular complexity index is 6520. The van der Waals surface area contributed by atoms with Gasteiger partial charge >= 0.3 is 23.9 Å². The van der Waals surface area contributed by atoms with Crippen LogP contribution in [0.5, 0.6) is 23.0 Å². The Kier molecular flexibility index (Phi) is 26.7. The van der Waals surface area contributed by atoms with Crippen molar-refractivity contribution in [2.24, 2.45) is 0 Å². The number of benzene rings is 12. The van der Waals surface area contributed by atoms with Gasteiger partial charge in [-0.25, -0.2) is 23.6 Å². The average molecular weight is 1740 g/mol. The summed E-state index contributed by atoms with van der Waals surface area (Å²) in [4.78, 5) is 99.1. The Labute approximate surface area is 731 Å². The summed E-state index contributed by atoms with van der Waals surface area (Å²) in [6.07, 6.45) is 10.4. The molecule has 124 heavy (non-hydrogen) atoms. The molecule has 8 N–H and O–H groups in total. The number of carboxylic acid groups (broad SMARTS) is 4. The van der Waals surface area contributed by atoms with Gasteiger partial charge in [0.15, 0.2) is 0 Å². The monoisotopic (exact) mass is 1740 g/mol. The third-order valence-corrected chi connectivity index (χ3v) is 24.5. The van der Waals surface area contributed by atoms with Gasteiger partial charge in [0, 0.05) is 114 Å². The molecule has 0 aliphatic heterocycles. The molecule has 0 aliphatic rings. The van der Waals surface area contributed by atoms with Crippen LogP contribution < -0.4 is 0 Å². The highest BCUT2D eigenvalue weighted by Crippen LogP contribution is 2.47. The molecule has 0 saturated heterocycles. The SMILES string of the molecule is Cc1cc(C)cc(C(=O)c2sc3cc(O)ccc3c2-c2ccc(/C=C/C(=O)O)cc2)c1.Cc1cc(Cl)cc(C(=O)c2sc3cc(O)ccc3c2-c2ccc(/C=C/C(=O)O)cc2)c1.Cc1cc(F)cc(C(=O)c2sc3cc(O)ccc3c2-c2ccc(/C=C/C(=O)O)cc2)c1.Cc1ccc(C(=O)c2sc3cc(O)ccc3c2-c2ccc(/C=C/C(=O)O)cc2)c(C)c1. The summed E-state index contributed by atoms with van der Waals surface area (Å²) in [6, 6.07) is 70.6. The molecule has 22 heteroatoms. The van der Waals surface area contributed by atoms with E-state index in [9.17, 15) is 63.2 Å². The molecule has 16 nitrogen and oxygen atoms in total. The standard InChI is InChI=1S/2C26H20O4S.C25H17ClO4S.C25H17FO4S/c1-15-3-10-20(16(2)13-15)25(30)26-24(21-11-9-19(27)14-22(21)31-26)18-7-4-17(5-8-18)6-12-23(28)29;1-15-11-16(2)13-19(12-15)25(30)26-24(21-9-8-20(27)14-22(21)31-26)18-6-3-17(4-7-18)5-10-23(28)29;2*1-14-10-17(12-18(26)11-14)24(30)25-23(20-8-7-19(27)13-21(20)31-25)16-5-2-15(3-6-16)4-9-22(28)29/h2*3-14,27H,1-2H3,(H,28,29);2*2-13,27H,1H3,(H,28,29)/b12-6+;10-5+;2*9-4+. The average Bonchev–Trinajstić information content (AvgIpc) is 1.64. The van der Waals surface area contributed by atoms with Crippen molar-refractivity contribution < 1.29 is 83.6 Å². The van der Waals surface area contributed by atoms with E-state index in [4.69, 9.17) is 32.0 Å². The number of halogens is 2. The van der Waals surface area contributed by atoms with E-state index in [0.717, 1.165) is 148 Å². The summed E-state index contributed by atoms with van der Waals surface area (Å²) in [5, 5.41) is 78.9. The maximum atomic E-state index is 13.9. The van der Waals surface area contributed by atoms with Crippen LogP contribution in [0.3, 0.4) is 0 Å². The van der Waals surface area contributed by atoms with Gasteiger partial charge in [-0.05, 0) is 248 Å². The first-order valence-corrected chi connectivity index (χ1v) is 41.9. The van der Waals surface area contributed by atoms with Gasteiger partial charge in [0.05, 0.1) is 19.5 Å². The zero-order valence-electron chi connectivity index (χ0n) is 66.9. The molecule has 16 aromatic rings. The summed E-state index contributed by atoms with van der Waals surface area (Å²) in [6.45, 7) is 11.5. The number of hydrogen-bond donors (Lipinski definition) is 8. The number of carbonyl (C=O) groups is 8. The molecule has 0 spiro atoms. The van der Waals surface area contributed by atoms with E-state index in [1.165, 1.54) is 81.8 Å². The number of carboxylic acids is 4. The lowest BCUT2D eigenvalue weighted by Gasteiger charge is -2.08. The van der Waals surface area contributed by atoms with Crippen molar-refractivity contribution in [3.05, 3.63) is 375 Å². The van der Waals surface area contributed by atoms with Gasteiger partial charge < -0.3 is 40.9 Å². The van der Waals surface area contributed by atoms with E-state index >= 15 is 0 Å². The zero-order valence-corrected chi connectivity index (χ0v) is 71.0. The van der Waals surface area contributed by atoms with Crippen LogP contribution in [0.15, 0.2) is 267 Å². The first kappa shape index (κ1) is 87.2. The third kappa shape index (κ3) is 20.7. The molecule has 12 aromatic carbocycles. The van der Waals surface area contributed by atoms with Crippen molar-refractivity contribution >= 4 is 169 Å². The van der Waals surface area contributed by atoms with Crippen LogP contribution in [0.25, 0.3) is 109 Å². The number of carbonyl (C=O) groups excluding carboxylic acids is 4. The highest BCUT2D eigenvalue weighted by Gasteiger charge is 2.28.